The lowest BCUT2D eigenvalue weighted by molar-refractivity contribution is -0.384. The summed E-state index contributed by atoms with van der Waals surface area (Å²) >= 11 is 0. The number of fused-ring (bicyclic) bond motifs is 1. The van der Waals surface area contributed by atoms with Gasteiger partial charge < -0.3 is 0 Å². The predicted octanol–water partition coefficient (Wildman–Crippen LogP) is 2.84. The number of carbonyl (C=O) groups is 2. The monoisotopic (exact) mass is 300 g/mol. The number of nitrogens with zero attached hydrogens (tertiary/aromatic N) is 2. The molecule has 1 aliphatic rings. The summed E-state index contributed by atoms with van der Waals surface area (Å²) in [5.74, 6) is -2.11. The van der Waals surface area contributed by atoms with Crippen molar-refractivity contribution in [2.45, 2.75) is 6.92 Å². The van der Waals surface area contributed by atoms with Crippen molar-refractivity contribution in [3.8, 4) is 0 Å². The van der Waals surface area contributed by atoms with Crippen molar-refractivity contribution < 1.29 is 18.9 Å². The SMILES string of the molecule is Cc1cc(F)cc([N+](=O)[O-])c1N1C(=O)c2ccccc2C1=O. The molecule has 22 heavy (non-hydrogen) atoms. The van der Waals surface area contributed by atoms with E-state index >= 15 is 0 Å². The van der Waals surface area contributed by atoms with Gasteiger partial charge in [-0.25, -0.2) is 9.29 Å². The first-order chi connectivity index (χ1) is 10.4. The van der Waals surface area contributed by atoms with Crippen LogP contribution in [0.2, 0.25) is 0 Å². The van der Waals surface area contributed by atoms with Crippen LogP contribution in [-0.4, -0.2) is 16.7 Å². The first-order valence-electron chi connectivity index (χ1n) is 6.34. The van der Waals surface area contributed by atoms with Gasteiger partial charge in [-0.05, 0) is 30.7 Å². The minimum absolute atomic E-state index is 0.140. The number of hydrogen-bond acceptors (Lipinski definition) is 4. The summed E-state index contributed by atoms with van der Waals surface area (Å²) in [6.45, 7) is 1.41. The second-order valence-electron chi connectivity index (χ2n) is 4.84. The third kappa shape index (κ3) is 1.86. The molecule has 7 heteroatoms. The zero-order valence-electron chi connectivity index (χ0n) is 11.4. The molecule has 0 radical (unpaired) electrons. The molecule has 2 aromatic carbocycles. The lowest BCUT2D eigenvalue weighted by Crippen LogP contribution is -2.30. The van der Waals surface area contributed by atoms with Crippen LogP contribution in [0.25, 0.3) is 0 Å². The summed E-state index contributed by atoms with van der Waals surface area (Å²) in [6.07, 6.45) is 0. The molecule has 2 amide bonds. The quantitative estimate of drug-likeness (QED) is 0.485. The average Bonchev–Trinajstić information content (AvgIpc) is 2.71. The van der Waals surface area contributed by atoms with Crippen molar-refractivity contribution >= 4 is 23.2 Å². The van der Waals surface area contributed by atoms with Crippen LogP contribution in [0.3, 0.4) is 0 Å². The maximum absolute atomic E-state index is 13.4. The molecule has 0 fully saturated rings. The predicted molar refractivity (Wildman–Crippen MR) is 75.4 cm³/mol. The van der Waals surface area contributed by atoms with Crippen LogP contribution in [0.5, 0.6) is 0 Å². The van der Waals surface area contributed by atoms with Crippen molar-refractivity contribution in [2.24, 2.45) is 0 Å². The van der Waals surface area contributed by atoms with E-state index in [0.29, 0.717) is 6.07 Å². The fourth-order valence-electron chi connectivity index (χ4n) is 2.54. The molecule has 2 aromatic rings. The molecule has 0 spiro atoms. The maximum Gasteiger partial charge on any atom is 0.296 e. The van der Waals surface area contributed by atoms with Gasteiger partial charge in [-0.1, -0.05) is 12.1 Å². The van der Waals surface area contributed by atoms with Gasteiger partial charge in [0.2, 0.25) is 0 Å². The number of amides is 2. The first-order valence-corrected chi connectivity index (χ1v) is 6.34. The van der Waals surface area contributed by atoms with Gasteiger partial charge >= 0.3 is 0 Å². The fourth-order valence-corrected chi connectivity index (χ4v) is 2.54. The first kappa shape index (κ1) is 13.9. The van der Waals surface area contributed by atoms with E-state index in [1.165, 1.54) is 19.1 Å². The second kappa shape index (κ2) is 4.73. The molecular weight excluding hydrogens is 291 g/mol. The summed E-state index contributed by atoms with van der Waals surface area (Å²) in [5, 5.41) is 11.2. The van der Waals surface area contributed by atoms with Crippen LogP contribution < -0.4 is 4.90 Å². The zero-order valence-corrected chi connectivity index (χ0v) is 11.4. The Hall–Kier alpha value is -3.09. The number of carbonyl (C=O) groups excluding carboxylic acids is 2. The van der Waals surface area contributed by atoms with E-state index in [4.69, 9.17) is 0 Å². The van der Waals surface area contributed by atoms with E-state index in [1.807, 2.05) is 0 Å². The van der Waals surface area contributed by atoms with Gasteiger partial charge in [0, 0.05) is 0 Å². The molecule has 0 N–H and O–H groups in total. The average molecular weight is 300 g/mol. The Balaban J connectivity index is 2.24. The molecule has 3 rings (SSSR count). The van der Waals surface area contributed by atoms with Gasteiger partial charge in [0.05, 0.1) is 22.1 Å². The standard InChI is InChI=1S/C15H9FN2O4/c1-8-6-9(16)7-12(18(21)22)13(8)17-14(19)10-4-2-3-5-11(10)15(17)20/h2-7H,1H3. The molecule has 1 aliphatic heterocycles. The van der Waals surface area contributed by atoms with E-state index < -0.39 is 28.2 Å². The Labute approximate surface area is 123 Å². The van der Waals surface area contributed by atoms with E-state index in [9.17, 15) is 24.1 Å². The van der Waals surface area contributed by atoms with Crippen molar-refractivity contribution in [3.63, 3.8) is 0 Å². The van der Waals surface area contributed by atoms with Crippen molar-refractivity contribution in [1.82, 2.24) is 0 Å². The molecule has 0 aliphatic carbocycles. The minimum Gasteiger partial charge on any atom is -0.268 e. The van der Waals surface area contributed by atoms with Gasteiger partial charge in [0.25, 0.3) is 17.5 Å². The number of benzene rings is 2. The third-order valence-electron chi connectivity index (χ3n) is 3.46. The van der Waals surface area contributed by atoms with E-state index in [0.717, 1.165) is 11.0 Å². The molecule has 0 unspecified atom stereocenters. The van der Waals surface area contributed by atoms with E-state index in [-0.39, 0.29) is 22.4 Å². The van der Waals surface area contributed by atoms with Crippen LogP contribution in [0, 0.1) is 22.9 Å². The van der Waals surface area contributed by atoms with E-state index in [2.05, 4.69) is 0 Å². The minimum atomic E-state index is -0.811. The highest BCUT2D eigenvalue weighted by molar-refractivity contribution is 6.35. The normalized spacial score (nSPS) is 13.5. The number of anilines is 1. The second-order valence-corrected chi connectivity index (χ2v) is 4.84. The Kier molecular flexibility index (Phi) is 2.98. The van der Waals surface area contributed by atoms with Crippen LogP contribution in [0.15, 0.2) is 36.4 Å². The highest BCUT2D eigenvalue weighted by atomic mass is 19.1. The van der Waals surface area contributed by atoms with Crippen LogP contribution in [-0.2, 0) is 0 Å². The Bertz CT molecular complexity index is 812. The number of imide groups is 1. The lowest BCUT2D eigenvalue weighted by atomic mass is 10.1. The maximum atomic E-state index is 13.4. The molecule has 0 bridgehead atoms. The summed E-state index contributed by atoms with van der Waals surface area (Å²) in [4.78, 5) is 35.9. The Morgan fingerprint density at radius 3 is 2.14 bits per heavy atom. The van der Waals surface area contributed by atoms with Gasteiger partial charge in [-0.15, -0.1) is 0 Å². The van der Waals surface area contributed by atoms with Crippen molar-refractivity contribution in [1.29, 1.82) is 0 Å². The number of aryl methyl sites for hydroxylation is 1. The molecule has 6 nitrogen and oxygen atoms in total. The van der Waals surface area contributed by atoms with Gasteiger partial charge in [0.1, 0.15) is 11.5 Å². The summed E-state index contributed by atoms with van der Waals surface area (Å²) in [6, 6.07) is 7.89. The number of nitro groups is 1. The van der Waals surface area contributed by atoms with Crippen LogP contribution >= 0.6 is 0 Å². The van der Waals surface area contributed by atoms with Crippen LogP contribution in [0.1, 0.15) is 26.3 Å². The molecule has 110 valence electrons. The molecular formula is C15H9FN2O4. The molecule has 1 heterocycles. The van der Waals surface area contributed by atoms with E-state index in [1.54, 1.807) is 12.1 Å². The van der Waals surface area contributed by atoms with Gasteiger partial charge in [-0.2, -0.15) is 0 Å². The highest BCUT2D eigenvalue weighted by Gasteiger charge is 2.40. The number of halogens is 1. The Morgan fingerprint density at radius 1 is 1.09 bits per heavy atom. The molecule has 0 atom stereocenters. The summed E-state index contributed by atoms with van der Waals surface area (Å²) in [5.41, 5.74) is -0.332. The molecule has 0 saturated carbocycles. The zero-order chi connectivity index (χ0) is 16.0. The summed E-state index contributed by atoms with van der Waals surface area (Å²) < 4.78 is 13.4. The van der Waals surface area contributed by atoms with Crippen LogP contribution in [0.4, 0.5) is 15.8 Å². The molecule has 0 aromatic heterocycles. The topological polar surface area (TPSA) is 80.5 Å². The van der Waals surface area contributed by atoms with Gasteiger partial charge in [-0.3, -0.25) is 19.7 Å². The van der Waals surface area contributed by atoms with Crippen molar-refractivity contribution in [2.75, 3.05) is 4.90 Å². The summed E-state index contributed by atoms with van der Waals surface area (Å²) in [7, 11) is 0. The lowest BCUT2D eigenvalue weighted by Gasteiger charge is -2.16. The van der Waals surface area contributed by atoms with Crippen molar-refractivity contribution in [3.05, 3.63) is 69.0 Å². The smallest absolute Gasteiger partial charge is 0.268 e. The third-order valence-corrected chi connectivity index (χ3v) is 3.46. The Morgan fingerprint density at radius 2 is 1.64 bits per heavy atom. The number of nitro benzene ring substituents is 1. The number of hydrogen-bond donors (Lipinski definition) is 0. The number of rotatable bonds is 2. The largest absolute Gasteiger partial charge is 0.296 e. The van der Waals surface area contributed by atoms with Gasteiger partial charge in [0.15, 0.2) is 0 Å². The fraction of sp³-hybridized carbons (Fsp3) is 0.0667. The highest BCUT2D eigenvalue weighted by Crippen LogP contribution is 2.37. The molecule has 0 saturated heterocycles.